The third kappa shape index (κ3) is 39.7. The minimum absolute atomic E-state index is 0.0335. The predicted octanol–water partition coefficient (Wildman–Crippen LogP) is 11.1. The van der Waals surface area contributed by atoms with Crippen molar-refractivity contribution in [3.63, 3.8) is 0 Å². The highest BCUT2D eigenvalue weighted by molar-refractivity contribution is 7.45. The highest BCUT2D eigenvalue weighted by Crippen LogP contribution is 2.38. The normalized spacial score (nSPS) is 14.0. The van der Waals surface area contributed by atoms with Crippen molar-refractivity contribution in [2.45, 2.75) is 180 Å². The average Bonchev–Trinajstić information content (AvgIpc) is 3.10. The molecule has 2 unspecified atom stereocenters. The first-order valence-electron chi connectivity index (χ1n) is 21.2. The Hall–Kier alpha value is -1.77. The maximum Gasteiger partial charge on any atom is 0.306 e. The molecule has 310 valence electrons. The van der Waals surface area contributed by atoms with E-state index in [1.807, 2.05) is 21.1 Å². The molecule has 0 aliphatic heterocycles. The fraction of sp³-hybridized carbons (Fsp3) is 0.814. The first-order valence-corrected chi connectivity index (χ1v) is 22.7. The zero-order valence-corrected chi connectivity index (χ0v) is 35.6. The van der Waals surface area contributed by atoms with Crippen molar-refractivity contribution < 1.29 is 42.1 Å². The van der Waals surface area contributed by atoms with E-state index in [0.717, 1.165) is 70.6 Å². The monoisotopic (exact) mass is 770 g/mol. The second kappa shape index (κ2) is 35.9. The number of carbonyl (C=O) groups excluding carboxylic acids is 2. The predicted molar refractivity (Wildman–Crippen MR) is 217 cm³/mol. The summed E-state index contributed by atoms with van der Waals surface area (Å²) in [6.45, 7) is 4.16. The van der Waals surface area contributed by atoms with Gasteiger partial charge in [0.2, 0.25) is 0 Å². The molecule has 0 saturated heterocycles. The molecule has 9 nitrogen and oxygen atoms in total. The zero-order valence-electron chi connectivity index (χ0n) is 34.7. The minimum Gasteiger partial charge on any atom is -0.756 e. The van der Waals surface area contributed by atoms with E-state index in [-0.39, 0.29) is 26.1 Å². The van der Waals surface area contributed by atoms with E-state index in [9.17, 15) is 19.0 Å². The van der Waals surface area contributed by atoms with Crippen LogP contribution in [0.4, 0.5) is 0 Å². The van der Waals surface area contributed by atoms with Crippen molar-refractivity contribution in [3.8, 4) is 0 Å². The van der Waals surface area contributed by atoms with Crippen LogP contribution in [-0.2, 0) is 32.7 Å². The quantitative estimate of drug-likeness (QED) is 0.0201. The van der Waals surface area contributed by atoms with Crippen LogP contribution in [0.5, 0.6) is 0 Å². The fourth-order valence-electron chi connectivity index (χ4n) is 5.54. The molecule has 0 bridgehead atoms. The van der Waals surface area contributed by atoms with Crippen molar-refractivity contribution in [2.75, 3.05) is 47.5 Å². The summed E-state index contributed by atoms with van der Waals surface area (Å²) in [6, 6.07) is 0. The zero-order chi connectivity index (χ0) is 39.3. The van der Waals surface area contributed by atoms with Gasteiger partial charge < -0.3 is 27.9 Å². The van der Waals surface area contributed by atoms with Gasteiger partial charge >= 0.3 is 11.9 Å². The molecule has 0 spiro atoms. The largest absolute Gasteiger partial charge is 0.756 e. The van der Waals surface area contributed by atoms with Crippen molar-refractivity contribution in [2.24, 2.45) is 0 Å². The van der Waals surface area contributed by atoms with Crippen LogP contribution in [-0.4, -0.2) is 70.0 Å². The number of ether oxygens (including phenoxy) is 2. The van der Waals surface area contributed by atoms with Crippen LogP contribution in [0.1, 0.15) is 174 Å². The number of rotatable bonds is 38. The molecule has 0 aromatic carbocycles. The number of hydrogen-bond donors (Lipinski definition) is 0. The summed E-state index contributed by atoms with van der Waals surface area (Å²) in [6.07, 6.45) is 39.0. The SMILES string of the molecule is CCCCCCC/C=C\C/C=C\C/C=C\CCCCCCCCC(=O)OC(COC(=O)CCCCCCCCCC)COP(=O)([O-])OCC[N+](C)(C)C. The molecule has 0 heterocycles. The number of carbonyl (C=O) groups is 2. The highest BCUT2D eigenvalue weighted by atomic mass is 31.2. The van der Waals surface area contributed by atoms with Crippen LogP contribution >= 0.6 is 7.82 Å². The molecule has 53 heavy (non-hydrogen) atoms. The minimum atomic E-state index is -4.62. The summed E-state index contributed by atoms with van der Waals surface area (Å²) in [5, 5.41) is 0. The summed E-state index contributed by atoms with van der Waals surface area (Å²) in [5.41, 5.74) is 0. The van der Waals surface area contributed by atoms with Crippen LogP contribution < -0.4 is 4.89 Å². The van der Waals surface area contributed by atoms with Gasteiger partial charge in [0.25, 0.3) is 7.82 Å². The summed E-state index contributed by atoms with van der Waals surface area (Å²) >= 11 is 0. The van der Waals surface area contributed by atoms with E-state index in [0.29, 0.717) is 17.4 Å². The molecule has 0 saturated carbocycles. The number of esters is 2. The second-order valence-electron chi connectivity index (χ2n) is 15.4. The van der Waals surface area contributed by atoms with Crippen LogP contribution in [0.25, 0.3) is 0 Å². The molecule has 0 aromatic rings. The maximum absolute atomic E-state index is 12.6. The van der Waals surface area contributed by atoms with Crippen LogP contribution in [0.2, 0.25) is 0 Å². The van der Waals surface area contributed by atoms with E-state index in [2.05, 4.69) is 50.3 Å². The van der Waals surface area contributed by atoms with E-state index >= 15 is 0 Å². The molecular weight excluding hydrogens is 689 g/mol. The molecule has 2 atom stereocenters. The number of nitrogens with zero attached hydrogens (tertiary/aromatic N) is 1. The maximum atomic E-state index is 12.6. The molecule has 10 heteroatoms. The molecule has 0 aliphatic rings. The Balaban J connectivity index is 4.31. The molecule has 0 fully saturated rings. The summed E-state index contributed by atoms with van der Waals surface area (Å²) in [7, 11) is 1.15. The lowest BCUT2D eigenvalue weighted by Crippen LogP contribution is -2.37. The molecule has 0 aromatic heterocycles. The number of allylic oxidation sites excluding steroid dienone is 6. The average molecular weight is 770 g/mol. The first-order chi connectivity index (χ1) is 25.5. The number of hydrogen-bond acceptors (Lipinski definition) is 8. The number of likely N-dealkylation sites (N-methyl/N-ethyl adjacent to an activating group) is 1. The summed E-state index contributed by atoms with van der Waals surface area (Å²) in [4.78, 5) is 37.3. The lowest BCUT2D eigenvalue weighted by molar-refractivity contribution is -0.870. The fourth-order valence-corrected chi connectivity index (χ4v) is 6.27. The van der Waals surface area contributed by atoms with Gasteiger partial charge in [0.05, 0.1) is 27.7 Å². The van der Waals surface area contributed by atoms with E-state index in [4.69, 9.17) is 18.5 Å². The topological polar surface area (TPSA) is 111 Å². The van der Waals surface area contributed by atoms with Gasteiger partial charge in [-0.3, -0.25) is 14.2 Å². The smallest absolute Gasteiger partial charge is 0.306 e. The first kappa shape index (κ1) is 51.2. The van der Waals surface area contributed by atoms with Gasteiger partial charge in [0.15, 0.2) is 6.10 Å². The lowest BCUT2D eigenvalue weighted by Gasteiger charge is -2.28. The summed E-state index contributed by atoms with van der Waals surface area (Å²) in [5.74, 6) is -0.853. The van der Waals surface area contributed by atoms with Crippen molar-refractivity contribution in [1.82, 2.24) is 0 Å². The Labute approximate surface area is 325 Å². The van der Waals surface area contributed by atoms with Gasteiger partial charge in [0.1, 0.15) is 19.8 Å². The van der Waals surface area contributed by atoms with Gasteiger partial charge in [-0.15, -0.1) is 0 Å². The second-order valence-corrected chi connectivity index (χ2v) is 16.8. The van der Waals surface area contributed by atoms with E-state index < -0.39 is 32.5 Å². The van der Waals surface area contributed by atoms with Crippen LogP contribution in [0.15, 0.2) is 36.5 Å². The van der Waals surface area contributed by atoms with E-state index in [1.54, 1.807) is 0 Å². The molecule has 0 amide bonds. The number of quaternary nitrogens is 1. The molecule has 0 aliphatic carbocycles. The standard InChI is InChI=1S/C43H80NO8P/c1-6-8-10-12-14-16-17-18-19-20-21-22-23-24-25-26-27-28-30-32-34-36-43(46)52-41(40-51-53(47,48)50-38-37-44(3,4)5)39-49-42(45)35-33-31-29-15-13-11-9-7-2/h17-18,20-21,23-24,41H,6-16,19,22,25-40H2,1-5H3/b18-17-,21-20-,24-23-. The molecule has 0 N–H and O–H groups in total. The Kier molecular flexibility index (Phi) is 34.7. The Bertz CT molecular complexity index is 1010. The molecule has 0 radical (unpaired) electrons. The van der Waals surface area contributed by atoms with Crippen LogP contribution in [0, 0.1) is 0 Å². The summed E-state index contributed by atoms with van der Waals surface area (Å²) < 4.78 is 33.7. The number of unbranched alkanes of at least 4 members (excludes halogenated alkanes) is 18. The van der Waals surface area contributed by atoms with Crippen molar-refractivity contribution in [1.29, 1.82) is 0 Å². The Morgan fingerprint density at radius 2 is 1.02 bits per heavy atom. The highest BCUT2D eigenvalue weighted by Gasteiger charge is 2.21. The van der Waals surface area contributed by atoms with Crippen LogP contribution in [0.3, 0.4) is 0 Å². The van der Waals surface area contributed by atoms with Gasteiger partial charge in [-0.1, -0.05) is 147 Å². The van der Waals surface area contributed by atoms with Gasteiger partial charge in [-0.05, 0) is 51.4 Å². The van der Waals surface area contributed by atoms with Gasteiger partial charge in [0, 0.05) is 12.8 Å². The molecule has 0 rings (SSSR count). The van der Waals surface area contributed by atoms with E-state index in [1.165, 1.54) is 70.6 Å². The van der Waals surface area contributed by atoms with Gasteiger partial charge in [-0.2, -0.15) is 0 Å². The van der Waals surface area contributed by atoms with Gasteiger partial charge in [-0.25, -0.2) is 0 Å². The third-order valence-corrected chi connectivity index (χ3v) is 9.88. The van der Waals surface area contributed by atoms with Crippen molar-refractivity contribution >= 4 is 19.8 Å². The third-order valence-electron chi connectivity index (χ3n) is 8.91. The Morgan fingerprint density at radius 3 is 1.51 bits per heavy atom. The molecular formula is C43H80NO8P. The Morgan fingerprint density at radius 1 is 0.585 bits per heavy atom. The lowest BCUT2D eigenvalue weighted by atomic mass is 10.1. The van der Waals surface area contributed by atoms with Crippen molar-refractivity contribution in [3.05, 3.63) is 36.5 Å². The number of phosphoric ester groups is 1. The number of phosphoric acid groups is 1.